The van der Waals surface area contributed by atoms with Crippen molar-refractivity contribution in [3.8, 4) is 17.2 Å². The van der Waals surface area contributed by atoms with Gasteiger partial charge in [0.05, 0.1) is 49.5 Å². The van der Waals surface area contributed by atoms with Crippen LogP contribution in [0, 0.1) is 11.8 Å². The van der Waals surface area contributed by atoms with Crippen molar-refractivity contribution in [2.75, 3.05) is 33.9 Å². The molecule has 5 heterocycles. The van der Waals surface area contributed by atoms with E-state index in [0.29, 0.717) is 52.9 Å². The zero-order valence-electron chi connectivity index (χ0n) is 24.8. The molecule has 1 saturated carbocycles. The number of nitrogens with zero attached hydrogens (tertiary/aromatic N) is 4. The van der Waals surface area contributed by atoms with Gasteiger partial charge in [0.2, 0.25) is 0 Å². The number of hydrogen-bond donors (Lipinski definition) is 0. The summed E-state index contributed by atoms with van der Waals surface area (Å²) in [5.41, 5.74) is 3.91. The number of benzene rings is 2. The lowest BCUT2D eigenvalue weighted by molar-refractivity contribution is -0.0721. The number of imidazole rings is 1. The average Bonchev–Trinajstić information content (AvgIpc) is 3.29. The van der Waals surface area contributed by atoms with E-state index in [-0.39, 0.29) is 6.10 Å². The van der Waals surface area contributed by atoms with Crippen LogP contribution in [0.1, 0.15) is 46.7 Å². The van der Waals surface area contributed by atoms with Gasteiger partial charge in [0.15, 0.2) is 11.5 Å². The second-order valence-electron chi connectivity index (χ2n) is 12.2. The fraction of sp³-hybridized carbons (Fsp3) is 0.424. The van der Waals surface area contributed by atoms with Gasteiger partial charge in [0.25, 0.3) is 5.79 Å². The Morgan fingerprint density at radius 2 is 1.95 bits per heavy atom. The van der Waals surface area contributed by atoms with E-state index in [9.17, 15) is 4.79 Å². The van der Waals surface area contributed by atoms with Crippen LogP contribution in [-0.2, 0) is 28.4 Å². The lowest BCUT2D eigenvalue weighted by Crippen LogP contribution is -2.33. The van der Waals surface area contributed by atoms with E-state index >= 15 is 0 Å². The molecule has 3 aliphatic heterocycles. The van der Waals surface area contributed by atoms with E-state index in [4.69, 9.17) is 40.3 Å². The average molecular weight is 617 g/mol. The van der Waals surface area contributed by atoms with Crippen molar-refractivity contribution in [2.45, 2.75) is 44.2 Å². The number of halogens is 1. The van der Waals surface area contributed by atoms with Gasteiger partial charge in [-0.2, -0.15) is 0 Å². The van der Waals surface area contributed by atoms with Gasteiger partial charge in [-0.3, -0.25) is 9.88 Å². The zero-order chi connectivity index (χ0) is 30.2. The lowest BCUT2D eigenvalue weighted by atomic mass is 10.0. The number of hydrogen-bond acceptors (Lipinski definition) is 9. The second-order valence-corrected chi connectivity index (χ2v) is 12.6. The van der Waals surface area contributed by atoms with Crippen LogP contribution in [0.25, 0.3) is 11.0 Å². The quantitative estimate of drug-likeness (QED) is 0.249. The summed E-state index contributed by atoms with van der Waals surface area (Å²) in [5, 5.41) is 0.570. The van der Waals surface area contributed by atoms with Crippen molar-refractivity contribution >= 4 is 28.6 Å². The molecular formula is C33H33ClN4O6. The number of esters is 1. The molecule has 5 atom stereocenters. The number of pyridine rings is 1. The zero-order valence-corrected chi connectivity index (χ0v) is 25.5. The maximum atomic E-state index is 12.4. The van der Waals surface area contributed by atoms with Crippen LogP contribution in [0.2, 0.25) is 5.02 Å². The van der Waals surface area contributed by atoms with Gasteiger partial charge in [0.1, 0.15) is 22.8 Å². The summed E-state index contributed by atoms with van der Waals surface area (Å²) in [6.45, 7) is 5.97. The maximum Gasteiger partial charge on any atom is 0.338 e. The fourth-order valence-corrected chi connectivity index (χ4v) is 7.26. The summed E-state index contributed by atoms with van der Waals surface area (Å²) < 4.78 is 31.4. The first-order valence-electron chi connectivity index (χ1n) is 15.0. The largest absolute Gasteiger partial charge is 0.494 e. The molecule has 2 aromatic heterocycles. The van der Waals surface area contributed by atoms with Gasteiger partial charge in [-0.15, -0.1) is 0 Å². The monoisotopic (exact) mass is 616 g/mol. The van der Waals surface area contributed by atoms with E-state index in [0.717, 1.165) is 54.5 Å². The number of methoxy groups -OCH3 is 2. The molecule has 0 N–H and O–H groups in total. The van der Waals surface area contributed by atoms with Gasteiger partial charge >= 0.3 is 5.97 Å². The Kier molecular flexibility index (Phi) is 6.51. The molecule has 44 heavy (non-hydrogen) atoms. The molecule has 4 aromatic rings. The lowest BCUT2D eigenvalue weighted by Gasteiger charge is -2.28. The van der Waals surface area contributed by atoms with Crippen LogP contribution in [0.4, 0.5) is 0 Å². The van der Waals surface area contributed by atoms with Crippen LogP contribution in [0.15, 0.2) is 48.7 Å². The first-order chi connectivity index (χ1) is 21.3. The van der Waals surface area contributed by atoms with E-state index in [2.05, 4.69) is 20.5 Å². The molecule has 8 rings (SSSR count). The molecule has 228 valence electrons. The number of carbonyl (C=O) groups is 1. The van der Waals surface area contributed by atoms with Crippen LogP contribution in [0.5, 0.6) is 17.2 Å². The van der Waals surface area contributed by atoms with Gasteiger partial charge in [-0.25, -0.2) is 9.78 Å². The maximum absolute atomic E-state index is 12.4. The molecule has 0 spiro atoms. The van der Waals surface area contributed by atoms with Crippen LogP contribution < -0.4 is 14.2 Å². The molecule has 1 unspecified atom stereocenters. The highest BCUT2D eigenvalue weighted by atomic mass is 35.5. The molecule has 1 aliphatic carbocycles. The van der Waals surface area contributed by atoms with Crippen LogP contribution >= 0.6 is 11.6 Å². The van der Waals surface area contributed by atoms with Crippen LogP contribution in [-0.4, -0.2) is 65.4 Å². The number of para-hydroxylation sites is 1. The number of carbonyl (C=O) groups excluding carboxylic acids is 1. The van der Waals surface area contributed by atoms with Crippen molar-refractivity contribution in [3.05, 3.63) is 76.3 Å². The summed E-state index contributed by atoms with van der Waals surface area (Å²) in [4.78, 5) is 24.4. The van der Waals surface area contributed by atoms with Crippen molar-refractivity contribution < 1.29 is 28.5 Å². The van der Waals surface area contributed by atoms with E-state index in [1.807, 2.05) is 31.2 Å². The number of fused-ring (bicyclic) bond motifs is 3. The molecule has 2 aromatic carbocycles. The highest BCUT2D eigenvalue weighted by Crippen LogP contribution is 2.62. The Morgan fingerprint density at radius 1 is 1.14 bits per heavy atom. The van der Waals surface area contributed by atoms with E-state index in [1.165, 1.54) is 12.7 Å². The number of rotatable bonds is 8. The molecule has 3 fully saturated rings. The minimum absolute atomic E-state index is 0.131. The molecule has 11 heteroatoms. The molecule has 4 aliphatic rings. The van der Waals surface area contributed by atoms with Gasteiger partial charge in [0, 0.05) is 38.4 Å². The standard InChI is InChI=1S/C33H33ClN4O6/c1-33(27-8-7-19(34)13-35-27)43-25-6-4-5-21(31(25)44-33)29-22-15-37(16-23(22)29)17-28-36-30-24(38(28)14-20-9-10-42-20)11-18(32(39)41-3)12-26(30)40-2/h4-8,11-13,20,22-23,29H,9-10,14-17H2,1-3H3/t20-,22-,23+,29+,33?/m0/s1. The molecule has 2 saturated heterocycles. The minimum Gasteiger partial charge on any atom is -0.494 e. The predicted molar refractivity (Wildman–Crippen MR) is 161 cm³/mol. The summed E-state index contributed by atoms with van der Waals surface area (Å²) in [6.07, 6.45) is 2.75. The van der Waals surface area contributed by atoms with Crippen molar-refractivity contribution in [3.63, 3.8) is 0 Å². The van der Waals surface area contributed by atoms with Gasteiger partial charge < -0.3 is 28.3 Å². The van der Waals surface area contributed by atoms with Crippen molar-refractivity contribution in [2.24, 2.45) is 11.8 Å². The predicted octanol–water partition coefficient (Wildman–Crippen LogP) is 5.16. The second kappa shape index (κ2) is 10.4. The van der Waals surface area contributed by atoms with Crippen molar-refractivity contribution in [1.82, 2.24) is 19.4 Å². The van der Waals surface area contributed by atoms with Gasteiger partial charge in [-0.1, -0.05) is 23.7 Å². The number of piperidine rings is 1. The third kappa shape index (κ3) is 4.50. The molecular weight excluding hydrogens is 584 g/mol. The summed E-state index contributed by atoms with van der Waals surface area (Å²) in [5.74, 6) is 3.12. The van der Waals surface area contributed by atoms with E-state index < -0.39 is 11.8 Å². The summed E-state index contributed by atoms with van der Waals surface area (Å²) in [7, 11) is 2.98. The highest BCUT2D eigenvalue weighted by molar-refractivity contribution is 6.30. The summed E-state index contributed by atoms with van der Waals surface area (Å²) >= 11 is 6.06. The molecule has 0 bridgehead atoms. The first kappa shape index (κ1) is 27.7. The van der Waals surface area contributed by atoms with Crippen LogP contribution in [0.3, 0.4) is 0 Å². The Morgan fingerprint density at radius 3 is 2.64 bits per heavy atom. The number of likely N-dealkylation sites (tertiary alicyclic amines) is 1. The third-order valence-corrected chi connectivity index (χ3v) is 9.74. The number of ether oxygens (including phenoxy) is 5. The Labute approximate surface area is 259 Å². The molecule has 0 amide bonds. The van der Waals surface area contributed by atoms with E-state index in [1.54, 1.807) is 25.4 Å². The smallest absolute Gasteiger partial charge is 0.338 e. The first-order valence-corrected chi connectivity index (χ1v) is 15.4. The topological polar surface area (TPSA) is 97.2 Å². The summed E-state index contributed by atoms with van der Waals surface area (Å²) in [6, 6.07) is 13.4. The van der Waals surface area contributed by atoms with Gasteiger partial charge in [-0.05, 0) is 54.5 Å². The molecule has 10 nitrogen and oxygen atoms in total. The Bertz CT molecular complexity index is 1760. The Balaban J connectivity index is 1.02. The minimum atomic E-state index is -1.00. The molecule has 0 radical (unpaired) electrons. The fourth-order valence-electron chi connectivity index (χ4n) is 7.15. The normalized spacial score (nSPS) is 26.8. The van der Waals surface area contributed by atoms with Crippen molar-refractivity contribution in [1.29, 1.82) is 0 Å². The number of aromatic nitrogens is 3. The highest BCUT2D eigenvalue weighted by Gasteiger charge is 2.58. The third-order valence-electron chi connectivity index (χ3n) is 9.52. The Hall–Kier alpha value is -3.86. The SMILES string of the molecule is COC(=O)c1cc(OC)c2nc(CN3C[C@@H]4[C@H](C3)[C@H]4c3cccc4c3OC(C)(c3ccc(Cl)cn3)O4)n(C[C@@H]3CCO3)c2c1.